The van der Waals surface area contributed by atoms with Gasteiger partial charge >= 0.3 is 0 Å². The van der Waals surface area contributed by atoms with E-state index in [1.165, 1.54) is 48.5 Å². The molecule has 2 heterocycles. The maximum atomic E-state index is 13.4. The zero-order valence-corrected chi connectivity index (χ0v) is 32.0. The van der Waals surface area contributed by atoms with Crippen molar-refractivity contribution in [1.82, 2.24) is 30.8 Å². The Kier molecular flexibility index (Phi) is 12.1. The van der Waals surface area contributed by atoms with Gasteiger partial charge in [0.25, 0.3) is 22.5 Å². The highest BCUT2D eigenvalue weighted by Gasteiger charge is 2.27. The Balaban J connectivity index is 1.23. The average Bonchev–Trinajstić information content (AvgIpc) is 3.26. The van der Waals surface area contributed by atoms with E-state index in [-0.39, 0.29) is 57.4 Å². The second kappa shape index (κ2) is 18.1. The van der Waals surface area contributed by atoms with Gasteiger partial charge in [0.2, 0.25) is 11.8 Å². The van der Waals surface area contributed by atoms with Crippen LogP contribution in [0.4, 0.5) is 11.4 Å². The number of aromatic amines is 2. The smallest absolute Gasteiger partial charge is 0.276 e. The molecule has 2 amide bonds. The maximum Gasteiger partial charge on any atom is 0.276 e. The molecule has 0 aliphatic heterocycles. The number of rotatable bonds is 14. The van der Waals surface area contributed by atoms with Crippen LogP contribution in [0.2, 0.25) is 0 Å². The molecule has 7 rings (SSSR count). The molecule has 2 atom stereocenters. The number of aromatic nitrogens is 4. The molecule has 2 aromatic heterocycles. The van der Waals surface area contributed by atoms with Gasteiger partial charge in [-0.05, 0) is 34.4 Å². The number of aliphatic hydroxyl groups excluding tert-OH is 2. The topological polar surface area (TPSA) is 301 Å². The molecule has 20 nitrogen and oxygen atoms in total. The van der Waals surface area contributed by atoms with E-state index >= 15 is 0 Å². The van der Waals surface area contributed by atoms with Crippen molar-refractivity contribution in [3.8, 4) is 0 Å². The zero-order valence-electron chi connectivity index (χ0n) is 32.0. The highest BCUT2D eigenvalue weighted by atomic mass is 16.6. The number of benzene rings is 5. The van der Waals surface area contributed by atoms with Crippen molar-refractivity contribution in [3.63, 3.8) is 0 Å². The number of amides is 2. The largest absolute Gasteiger partial charge is 0.382 e. The molecule has 0 saturated heterocycles. The molecule has 0 bridgehead atoms. The molecule has 0 unspecified atom stereocenters. The van der Waals surface area contributed by atoms with Gasteiger partial charge in [0.05, 0.1) is 44.8 Å². The van der Waals surface area contributed by atoms with Crippen molar-refractivity contribution in [1.29, 1.82) is 0 Å². The fourth-order valence-corrected chi connectivity index (χ4v) is 6.27. The first-order chi connectivity index (χ1) is 29.8. The van der Waals surface area contributed by atoms with E-state index in [1.54, 1.807) is 60.7 Å². The second-order valence-corrected chi connectivity index (χ2v) is 13.6. The molecular formula is C42H32N10O10. The van der Waals surface area contributed by atoms with Crippen LogP contribution >= 0.6 is 0 Å². The maximum absolute atomic E-state index is 13.4. The van der Waals surface area contributed by atoms with E-state index in [2.05, 4.69) is 41.0 Å². The Bertz CT molecular complexity index is 2840. The molecule has 0 fully saturated rings. The Labute approximate surface area is 347 Å². The standard InChI is InChI=1S/C42H32N10O10/c53-33(19-23-7-3-1-4-8-23)47-49-35(37-41(57)45-31-21-27(51(59)60)15-17-29(31)43-37)39(55)25-11-13-26(14-12-25)40(56)36(50-48-34(54)20-24-9-5-2-6-10-24)38-42(58)46-32-22-28(52(61)62)16-18-30(32)44-38/h1-18,21-22,39-40,55-56H,19-20H2,(H,45,57)(H,46,58)(H,47,53)(H,48,54)/b49-35+,50-36+/t39-,40+. The van der Waals surface area contributed by atoms with Crippen LogP contribution in [0.3, 0.4) is 0 Å². The Morgan fingerprint density at radius 3 is 1.32 bits per heavy atom. The number of H-pyrrole nitrogens is 2. The summed E-state index contributed by atoms with van der Waals surface area (Å²) in [6.45, 7) is 0. The summed E-state index contributed by atoms with van der Waals surface area (Å²) in [4.78, 5) is 87.8. The predicted octanol–water partition coefficient (Wildman–Crippen LogP) is 3.57. The first-order valence-corrected chi connectivity index (χ1v) is 18.5. The Morgan fingerprint density at radius 1 is 0.597 bits per heavy atom. The van der Waals surface area contributed by atoms with Crippen molar-refractivity contribution in [2.45, 2.75) is 25.0 Å². The highest BCUT2D eigenvalue weighted by molar-refractivity contribution is 6.05. The van der Waals surface area contributed by atoms with Crippen LogP contribution in [0.15, 0.2) is 141 Å². The number of carbonyl (C=O) groups excluding carboxylic acids is 2. The zero-order chi connectivity index (χ0) is 43.9. The van der Waals surface area contributed by atoms with E-state index in [9.17, 15) is 49.6 Å². The van der Waals surface area contributed by atoms with Gasteiger partial charge in [-0.2, -0.15) is 10.2 Å². The van der Waals surface area contributed by atoms with E-state index in [4.69, 9.17) is 0 Å². The molecule has 62 heavy (non-hydrogen) atoms. The number of nitrogens with one attached hydrogen (secondary N) is 4. The third-order valence-electron chi connectivity index (χ3n) is 9.36. The number of hydrogen-bond donors (Lipinski definition) is 6. The van der Waals surface area contributed by atoms with E-state index in [1.807, 2.05) is 0 Å². The summed E-state index contributed by atoms with van der Waals surface area (Å²) in [6.07, 6.45) is -3.70. The molecular weight excluding hydrogens is 805 g/mol. The molecule has 7 aromatic rings. The molecule has 0 spiro atoms. The van der Waals surface area contributed by atoms with E-state index in [0.717, 1.165) is 12.1 Å². The molecule has 310 valence electrons. The second-order valence-electron chi connectivity index (χ2n) is 13.6. The molecule has 20 heteroatoms. The van der Waals surface area contributed by atoms with Gasteiger partial charge in [-0.1, -0.05) is 84.9 Å². The summed E-state index contributed by atoms with van der Waals surface area (Å²) in [5.74, 6) is -1.18. The summed E-state index contributed by atoms with van der Waals surface area (Å²) in [7, 11) is 0. The monoisotopic (exact) mass is 836 g/mol. The van der Waals surface area contributed by atoms with Crippen LogP contribution in [-0.4, -0.2) is 63.2 Å². The summed E-state index contributed by atoms with van der Waals surface area (Å²) in [6, 6.07) is 30.0. The fraction of sp³-hybridized carbons (Fsp3) is 0.0952. The third kappa shape index (κ3) is 9.47. The minimum absolute atomic E-state index is 0.0306. The summed E-state index contributed by atoms with van der Waals surface area (Å²) in [5.41, 5.74) is 2.42. The van der Waals surface area contributed by atoms with Crippen LogP contribution in [0.1, 0.15) is 45.8 Å². The van der Waals surface area contributed by atoms with Crippen LogP contribution in [0.5, 0.6) is 0 Å². The number of non-ortho nitro benzene ring substituents is 2. The van der Waals surface area contributed by atoms with Crippen molar-refractivity contribution in [2.75, 3.05) is 0 Å². The number of hydrazone groups is 2. The Morgan fingerprint density at radius 2 is 0.968 bits per heavy atom. The van der Waals surface area contributed by atoms with Gasteiger partial charge in [0.1, 0.15) is 23.6 Å². The lowest BCUT2D eigenvalue weighted by Gasteiger charge is -2.17. The van der Waals surface area contributed by atoms with Gasteiger partial charge in [-0.15, -0.1) is 0 Å². The highest BCUT2D eigenvalue weighted by Crippen LogP contribution is 2.25. The lowest BCUT2D eigenvalue weighted by atomic mass is 9.97. The van der Waals surface area contributed by atoms with Crippen LogP contribution < -0.4 is 22.0 Å². The third-order valence-corrected chi connectivity index (χ3v) is 9.36. The molecule has 0 aliphatic rings. The van der Waals surface area contributed by atoms with E-state index < -0.39 is 67.8 Å². The summed E-state index contributed by atoms with van der Waals surface area (Å²) < 4.78 is 0. The lowest BCUT2D eigenvalue weighted by Crippen LogP contribution is -2.30. The van der Waals surface area contributed by atoms with Crippen molar-refractivity contribution >= 4 is 56.7 Å². The summed E-state index contributed by atoms with van der Waals surface area (Å²) in [5, 5.41) is 54.4. The van der Waals surface area contributed by atoms with Crippen LogP contribution in [0.25, 0.3) is 22.1 Å². The molecule has 0 saturated carbocycles. The van der Waals surface area contributed by atoms with Gasteiger partial charge in [-0.25, -0.2) is 20.8 Å². The number of aliphatic hydroxyl groups is 2. The number of hydrogen-bond acceptors (Lipinski definition) is 14. The summed E-state index contributed by atoms with van der Waals surface area (Å²) >= 11 is 0. The number of carbonyl (C=O) groups is 2. The lowest BCUT2D eigenvalue weighted by molar-refractivity contribution is -0.384. The van der Waals surface area contributed by atoms with Crippen molar-refractivity contribution in [3.05, 3.63) is 196 Å². The van der Waals surface area contributed by atoms with Crippen molar-refractivity contribution < 1.29 is 29.6 Å². The fourth-order valence-electron chi connectivity index (χ4n) is 6.27. The first kappa shape index (κ1) is 41.5. The number of nitro benzene ring substituents is 2. The van der Waals surface area contributed by atoms with Crippen LogP contribution in [-0.2, 0) is 22.4 Å². The molecule has 0 aliphatic carbocycles. The normalized spacial score (nSPS) is 12.7. The van der Waals surface area contributed by atoms with Crippen LogP contribution in [0, 0.1) is 20.2 Å². The first-order valence-electron chi connectivity index (χ1n) is 18.5. The number of fused-ring (bicyclic) bond motifs is 2. The van der Waals surface area contributed by atoms with Gasteiger partial charge in [0.15, 0.2) is 11.4 Å². The van der Waals surface area contributed by atoms with Crippen molar-refractivity contribution in [2.24, 2.45) is 10.2 Å². The number of nitrogens with zero attached hydrogens (tertiary/aromatic N) is 6. The molecule has 5 aromatic carbocycles. The number of nitro groups is 2. The molecule has 0 radical (unpaired) electrons. The minimum atomic E-state index is -1.75. The quantitative estimate of drug-likeness (QED) is 0.0521. The van der Waals surface area contributed by atoms with E-state index in [0.29, 0.717) is 11.1 Å². The van der Waals surface area contributed by atoms with Gasteiger partial charge in [0, 0.05) is 24.3 Å². The molecule has 6 N–H and O–H groups in total. The predicted molar refractivity (Wildman–Crippen MR) is 224 cm³/mol. The van der Waals surface area contributed by atoms with Gasteiger partial charge < -0.3 is 20.2 Å². The average molecular weight is 837 g/mol. The van der Waals surface area contributed by atoms with Gasteiger partial charge in [-0.3, -0.25) is 39.4 Å². The SMILES string of the molecule is O=C(Cc1ccccc1)N/N=C(\c1nc2ccc([N+](=O)[O-])cc2[nH]c1=O)[C@@H](O)c1ccc([C@@H](O)/C(=N/NC(=O)Cc2ccccc2)c2nc3ccc([N+](=O)[O-])cc3[nH]c2=O)cc1. The minimum Gasteiger partial charge on any atom is -0.382 e. The Hall–Kier alpha value is -8.62.